The molecule has 0 amide bonds. The standard InChI is InChI=1S/C16H20F3NO3/c1-15(14(21)22)6-8-20(11-15)7-3-9-23-13-5-2-4-12(10-13)16(17,18)19/h2,4-5,10H,3,6-9,11H2,1H3,(H,21,22). The van der Waals surface area contributed by atoms with Crippen LogP contribution in [0.5, 0.6) is 5.75 Å². The van der Waals surface area contributed by atoms with Crippen molar-refractivity contribution in [2.75, 3.05) is 26.2 Å². The second-order valence-electron chi connectivity index (χ2n) is 6.12. The lowest BCUT2D eigenvalue weighted by Gasteiger charge is -2.20. The molecule has 0 aromatic heterocycles. The molecule has 1 fully saturated rings. The fraction of sp³-hybridized carbons (Fsp3) is 0.562. The molecular weight excluding hydrogens is 311 g/mol. The maximum Gasteiger partial charge on any atom is 0.416 e. The van der Waals surface area contributed by atoms with Gasteiger partial charge in [-0.1, -0.05) is 6.07 Å². The van der Waals surface area contributed by atoms with Crippen molar-refractivity contribution in [2.24, 2.45) is 5.41 Å². The topological polar surface area (TPSA) is 49.8 Å². The van der Waals surface area contributed by atoms with Gasteiger partial charge in [0.1, 0.15) is 5.75 Å². The zero-order valence-electron chi connectivity index (χ0n) is 12.9. The number of halogens is 3. The number of nitrogens with zero attached hydrogens (tertiary/aromatic N) is 1. The van der Waals surface area contributed by atoms with Crippen LogP contribution in [0, 0.1) is 5.41 Å². The lowest BCUT2D eigenvalue weighted by atomic mass is 9.90. The van der Waals surface area contributed by atoms with Crippen LogP contribution >= 0.6 is 0 Å². The summed E-state index contributed by atoms with van der Waals surface area (Å²) in [5.74, 6) is -0.600. The fourth-order valence-electron chi connectivity index (χ4n) is 2.66. The summed E-state index contributed by atoms with van der Waals surface area (Å²) in [6.07, 6.45) is -3.14. The molecular formula is C16H20F3NO3. The van der Waals surface area contributed by atoms with Gasteiger partial charge in [-0.15, -0.1) is 0 Å². The fourth-order valence-corrected chi connectivity index (χ4v) is 2.66. The Labute approximate surface area is 132 Å². The molecule has 23 heavy (non-hydrogen) atoms. The van der Waals surface area contributed by atoms with E-state index in [-0.39, 0.29) is 5.75 Å². The minimum Gasteiger partial charge on any atom is -0.494 e. The molecule has 4 nitrogen and oxygen atoms in total. The van der Waals surface area contributed by atoms with Crippen molar-refractivity contribution in [1.29, 1.82) is 0 Å². The van der Waals surface area contributed by atoms with Gasteiger partial charge in [0.2, 0.25) is 0 Å². The highest BCUT2D eigenvalue weighted by Gasteiger charge is 2.40. The summed E-state index contributed by atoms with van der Waals surface area (Å²) in [4.78, 5) is 13.2. The van der Waals surface area contributed by atoms with Crippen molar-refractivity contribution in [3.05, 3.63) is 29.8 Å². The van der Waals surface area contributed by atoms with Crippen molar-refractivity contribution in [2.45, 2.75) is 25.9 Å². The van der Waals surface area contributed by atoms with Crippen molar-refractivity contribution in [3.63, 3.8) is 0 Å². The molecule has 1 N–H and O–H groups in total. The van der Waals surface area contributed by atoms with Gasteiger partial charge in [0.15, 0.2) is 0 Å². The summed E-state index contributed by atoms with van der Waals surface area (Å²) in [6, 6.07) is 4.80. The molecule has 1 aromatic rings. The maximum absolute atomic E-state index is 12.6. The smallest absolute Gasteiger partial charge is 0.416 e. The van der Waals surface area contributed by atoms with E-state index in [2.05, 4.69) is 0 Å². The number of ether oxygens (including phenoxy) is 1. The molecule has 0 bridgehead atoms. The summed E-state index contributed by atoms with van der Waals surface area (Å²) in [7, 11) is 0. The average molecular weight is 331 g/mol. The normalized spacial score (nSPS) is 22.3. The SMILES string of the molecule is CC1(C(=O)O)CCN(CCCOc2cccc(C(F)(F)F)c2)C1. The van der Waals surface area contributed by atoms with Crippen LogP contribution in [-0.4, -0.2) is 42.2 Å². The highest BCUT2D eigenvalue weighted by Crippen LogP contribution is 2.32. The molecule has 0 saturated carbocycles. The van der Waals surface area contributed by atoms with Crippen molar-refractivity contribution in [1.82, 2.24) is 4.90 Å². The summed E-state index contributed by atoms with van der Waals surface area (Å²) >= 11 is 0. The van der Waals surface area contributed by atoms with Crippen LogP contribution in [0.1, 0.15) is 25.3 Å². The summed E-state index contributed by atoms with van der Waals surface area (Å²) in [6.45, 7) is 3.90. The van der Waals surface area contributed by atoms with E-state index >= 15 is 0 Å². The Morgan fingerprint density at radius 2 is 2.17 bits per heavy atom. The molecule has 1 unspecified atom stereocenters. The lowest BCUT2D eigenvalue weighted by Crippen LogP contribution is -2.32. The number of carbonyl (C=O) groups is 1. The molecule has 0 radical (unpaired) electrons. The van der Waals surface area contributed by atoms with E-state index in [9.17, 15) is 18.0 Å². The first-order valence-corrected chi connectivity index (χ1v) is 7.46. The molecule has 128 valence electrons. The minimum atomic E-state index is -4.38. The Bertz CT molecular complexity index is 562. The third-order valence-corrected chi connectivity index (χ3v) is 4.12. The average Bonchev–Trinajstić information content (AvgIpc) is 2.86. The quantitative estimate of drug-likeness (QED) is 0.813. The molecule has 1 aromatic carbocycles. The summed E-state index contributed by atoms with van der Waals surface area (Å²) < 4.78 is 43.1. The Kier molecular flexibility index (Phi) is 5.19. The Morgan fingerprint density at radius 3 is 2.78 bits per heavy atom. The van der Waals surface area contributed by atoms with Crippen molar-refractivity contribution < 1.29 is 27.8 Å². The van der Waals surface area contributed by atoms with Crippen molar-refractivity contribution >= 4 is 5.97 Å². The maximum atomic E-state index is 12.6. The largest absolute Gasteiger partial charge is 0.494 e. The number of carboxylic acid groups (broad SMARTS) is 1. The molecule has 1 saturated heterocycles. The van der Waals surface area contributed by atoms with Crippen LogP contribution in [0.2, 0.25) is 0 Å². The van der Waals surface area contributed by atoms with Gasteiger partial charge in [0.25, 0.3) is 0 Å². The van der Waals surface area contributed by atoms with Crippen LogP contribution in [0.4, 0.5) is 13.2 Å². The van der Waals surface area contributed by atoms with Gasteiger partial charge in [-0.2, -0.15) is 13.2 Å². The van der Waals surface area contributed by atoms with E-state index < -0.39 is 23.1 Å². The number of alkyl halides is 3. The zero-order valence-corrected chi connectivity index (χ0v) is 12.9. The van der Waals surface area contributed by atoms with Gasteiger partial charge in [-0.25, -0.2) is 0 Å². The van der Waals surface area contributed by atoms with Crippen LogP contribution in [0.25, 0.3) is 0 Å². The van der Waals surface area contributed by atoms with Crippen molar-refractivity contribution in [3.8, 4) is 5.75 Å². The molecule has 2 rings (SSSR count). The zero-order chi connectivity index (χ0) is 17.1. The predicted molar refractivity (Wildman–Crippen MR) is 78.4 cm³/mol. The van der Waals surface area contributed by atoms with Gasteiger partial charge in [-0.3, -0.25) is 4.79 Å². The van der Waals surface area contributed by atoms with Gasteiger partial charge >= 0.3 is 12.1 Å². The van der Waals surface area contributed by atoms with E-state index in [0.29, 0.717) is 39.1 Å². The van der Waals surface area contributed by atoms with Crippen LogP contribution in [0.3, 0.4) is 0 Å². The summed E-state index contributed by atoms with van der Waals surface area (Å²) in [5.41, 5.74) is -1.44. The van der Waals surface area contributed by atoms with Gasteiger partial charge in [0.05, 0.1) is 17.6 Å². The second-order valence-corrected chi connectivity index (χ2v) is 6.12. The predicted octanol–water partition coefficient (Wildman–Crippen LogP) is 3.27. The number of rotatable bonds is 6. The Balaban J connectivity index is 1.75. The summed E-state index contributed by atoms with van der Waals surface area (Å²) in [5, 5.41) is 9.16. The van der Waals surface area contributed by atoms with Gasteiger partial charge in [-0.05, 0) is 44.5 Å². The molecule has 0 aliphatic carbocycles. The van der Waals surface area contributed by atoms with E-state index in [0.717, 1.165) is 12.1 Å². The number of hydrogen-bond donors (Lipinski definition) is 1. The molecule has 0 spiro atoms. The van der Waals surface area contributed by atoms with Crippen LogP contribution in [-0.2, 0) is 11.0 Å². The minimum absolute atomic E-state index is 0.191. The molecule has 1 atom stereocenters. The number of carboxylic acids is 1. The highest BCUT2D eigenvalue weighted by molar-refractivity contribution is 5.74. The lowest BCUT2D eigenvalue weighted by molar-refractivity contribution is -0.147. The van der Waals surface area contributed by atoms with Gasteiger partial charge < -0.3 is 14.7 Å². The number of hydrogen-bond acceptors (Lipinski definition) is 3. The van der Waals surface area contributed by atoms with Crippen LogP contribution in [0.15, 0.2) is 24.3 Å². The first-order chi connectivity index (χ1) is 10.7. The molecule has 1 heterocycles. The van der Waals surface area contributed by atoms with E-state index in [4.69, 9.17) is 9.84 Å². The van der Waals surface area contributed by atoms with E-state index in [1.54, 1.807) is 6.92 Å². The molecule has 1 aliphatic heterocycles. The molecule has 7 heteroatoms. The third kappa shape index (κ3) is 4.60. The third-order valence-electron chi connectivity index (χ3n) is 4.12. The van der Waals surface area contributed by atoms with E-state index in [1.807, 2.05) is 4.90 Å². The highest BCUT2D eigenvalue weighted by atomic mass is 19.4. The Morgan fingerprint density at radius 1 is 1.43 bits per heavy atom. The van der Waals surface area contributed by atoms with Crippen LogP contribution < -0.4 is 4.74 Å². The monoisotopic (exact) mass is 331 g/mol. The van der Waals surface area contributed by atoms with Gasteiger partial charge in [0, 0.05) is 13.1 Å². The first-order valence-electron chi connectivity index (χ1n) is 7.46. The second kappa shape index (κ2) is 6.78. The van der Waals surface area contributed by atoms with E-state index in [1.165, 1.54) is 12.1 Å². The number of benzene rings is 1. The first kappa shape index (κ1) is 17.6. The number of likely N-dealkylation sites (tertiary alicyclic amines) is 1. The molecule has 1 aliphatic rings. The Hall–Kier alpha value is -1.76. The number of aliphatic carboxylic acids is 1.